The summed E-state index contributed by atoms with van der Waals surface area (Å²) >= 11 is 11.9. The molecule has 1 fully saturated rings. The van der Waals surface area contributed by atoms with Crippen molar-refractivity contribution in [2.75, 3.05) is 11.9 Å². The van der Waals surface area contributed by atoms with Crippen molar-refractivity contribution in [1.29, 1.82) is 0 Å². The third kappa shape index (κ3) is 3.37. The second-order valence-electron chi connectivity index (χ2n) is 5.56. The van der Waals surface area contributed by atoms with Crippen LogP contribution in [0, 0.1) is 0 Å². The van der Waals surface area contributed by atoms with Crippen LogP contribution in [0.4, 0.5) is 10.5 Å². The van der Waals surface area contributed by atoms with E-state index in [-0.39, 0.29) is 12.1 Å². The maximum absolute atomic E-state index is 12.3. The molecular weight excluding hydrogens is 299 g/mol. The molecule has 0 aliphatic carbocycles. The molecule has 4 nitrogen and oxygen atoms in total. The van der Waals surface area contributed by atoms with Crippen molar-refractivity contribution in [3.63, 3.8) is 0 Å². The van der Waals surface area contributed by atoms with Gasteiger partial charge in [0.1, 0.15) is 0 Å². The van der Waals surface area contributed by atoms with Crippen molar-refractivity contribution in [1.82, 2.24) is 4.90 Å². The van der Waals surface area contributed by atoms with Gasteiger partial charge in [-0.15, -0.1) is 0 Å². The summed E-state index contributed by atoms with van der Waals surface area (Å²) in [7, 11) is 0. The van der Waals surface area contributed by atoms with Gasteiger partial charge in [-0.25, -0.2) is 4.79 Å². The Morgan fingerprint density at radius 2 is 2.15 bits per heavy atom. The van der Waals surface area contributed by atoms with Gasteiger partial charge < -0.3 is 15.3 Å². The molecule has 1 aromatic carbocycles. The number of rotatable bonds is 2. The van der Waals surface area contributed by atoms with Crippen molar-refractivity contribution in [2.45, 2.75) is 38.3 Å². The zero-order valence-electron chi connectivity index (χ0n) is 11.5. The van der Waals surface area contributed by atoms with Gasteiger partial charge in [0.05, 0.1) is 22.4 Å². The molecule has 1 saturated heterocycles. The van der Waals surface area contributed by atoms with Crippen molar-refractivity contribution in [3.05, 3.63) is 28.2 Å². The average molecular weight is 317 g/mol. The zero-order valence-corrected chi connectivity index (χ0v) is 13.0. The summed E-state index contributed by atoms with van der Waals surface area (Å²) in [4.78, 5) is 14.0. The van der Waals surface area contributed by atoms with Crippen LogP contribution in [0.25, 0.3) is 0 Å². The predicted octanol–water partition coefficient (Wildman–Crippen LogP) is 3.76. The number of carbonyl (C=O) groups excluding carboxylic acids is 1. The van der Waals surface area contributed by atoms with Crippen LogP contribution in [-0.2, 0) is 0 Å². The summed E-state index contributed by atoms with van der Waals surface area (Å²) in [6, 6.07) is 4.45. The van der Waals surface area contributed by atoms with Crippen LogP contribution in [0.3, 0.4) is 0 Å². The first-order valence-electron chi connectivity index (χ1n) is 6.54. The standard InChI is InChI=1S/C14H18Cl2N2O2/c1-14(2,20)12-4-3-7-18(12)13(19)17-11-8-9(15)5-6-10(11)16/h5-6,8,12,20H,3-4,7H2,1-2H3,(H,17,19). The van der Waals surface area contributed by atoms with Crippen LogP contribution in [0.5, 0.6) is 0 Å². The third-order valence-corrected chi connectivity index (χ3v) is 4.06. The van der Waals surface area contributed by atoms with Gasteiger partial charge in [-0.2, -0.15) is 0 Å². The molecule has 1 heterocycles. The highest BCUT2D eigenvalue weighted by atomic mass is 35.5. The third-order valence-electron chi connectivity index (χ3n) is 3.50. The van der Waals surface area contributed by atoms with Gasteiger partial charge in [0.2, 0.25) is 0 Å². The first-order valence-corrected chi connectivity index (χ1v) is 7.29. The van der Waals surface area contributed by atoms with Crippen LogP contribution < -0.4 is 5.32 Å². The molecule has 0 spiro atoms. The van der Waals surface area contributed by atoms with E-state index in [1.807, 2.05) is 0 Å². The minimum absolute atomic E-state index is 0.194. The molecule has 110 valence electrons. The summed E-state index contributed by atoms with van der Waals surface area (Å²) in [5.41, 5.74) is -0.447. The largest absolute Gasteiger partial charge is 0.388 e. The quantitative estimate of drug-likeness (QED) is 0.872. The van der Waals surface area contributed by atoms with E-state index in [0.29, 0.717) is 22.3 Å². The van der Waals surface area contributed by atoms with E-state index in [1.54, 1.807) is 36.9 Å². The molecule has 1 aliphatic heterocycles. The molecule has 0 radical (unpaired) electrons. The molecule has 0 bridgehead atoms. The van der Waals surface area contributed by atoms with E-state index < -0.39 is 5.60 Å². The van der Waals surface area contributed by atoms with Crippen molar-refractivity contribution < 1.29 is 9.90 Å². The first-order chi connectivity index (χ1) is 9.29. The molecule has 1 unspecified atom stereocenters. The summed E-state index contributed by atoms with van der Waals surface area (Å²) in [5.74, 6) is 0. The number of urea groups is 1. The molecule has 2 rings (SSSR count). The smallest absolute Gasteiger partial charge is 0.322 e. The summed E-state index contributed by atoms with van der Waals surface area (Å²) in [5, 5.41) is 13.8. The number of halogens is 2. The van der Waals surface area contributed by atoms with Gasteiger partial charge >= 0.3 is 6.03 Å². The van der Waals surface area contributed by atoms with E-state index in [1.165, 1.54) is 0 Å². The van der Waals surface area contributed by atoms with Crippen molar-refractivity contribution in [3.8, 4) is 0 Å². The van der Waals surface area contributed by atoms with E-state index >= 15 is 0 Å². The normalized spacial score (nSPS) is 19.2. The highest BCUT2D eigenvalue weighted by Crippen LogP contribution is 2.29. The lowest BCUT2D eigenvalue weighted by atomic mass is 9.97. The lowest BCUT2D eigenvalue weighted by molar-refractivity contribution is 0.0117. The molecule has 1 aliphatic rings. The topological polar surface area (TPSA) is 52.6 Å². The highest BCUT2D eigenvalue weighted by molar-refractivity contribution is 6.35. The maximum Gasteiger partial charge on any atom is 0.322 e. The molecule has 2 amide bonds. The highest BCUT2D eigenvalue weighted by Gasteiger charge is 2.38. The Hall–Kier alpha value is -0.970. The number of hydrogen-bond acceptors (Lipinski definition) is 2. The fourth-order valence-electron chi connectivity index (χ4n) is 2.52. The Morgan fingerprint density at radius 1 is 1.45 bits per heavy atom. The number of carbonyl (C=O) groups is 1. The van der Waals surface area contributed by atoms with E-state index in [0.717, 1.165) is 12.8 Å². The molecule has 1 aromatic rings. The lowest BCUT2D eigenvalue weighted by Crippen LogP contribution is -2.49. The number of amides is 2. The fourth-order valence-corrected chi connectivity index (χ4v) is 2.86. The van der Waals surface area contributed by atoms with E-state index in [9.17, 15) is 9.90 Å². The van der Waals surface area contributed by atoms with Gasteiger partial charge in [0, 0.05) is 11.6 Å². The first kappa shape index (κ1) is 15.4. The second-order valence-corrected chi connectivity index (χ2v) is 6.40. The molecular formula is C14H18Cl2N2O2. The number of hydrogen-bond donors (Lipinski definition) is 2. The monoisotopic (exact) mass is 316 g/mol. The van der Waals surface area contributed by atoms with Gasteiger partial charge in [0.25, 0.3) is 0 Å². The number of nitrogens with zero attached hydrogens (tertiary/aromatic N) is 1. The average Bonchev–Trinajstić information content (AvgIpc) is 2.82. The number of aliphatic hydroxyl groups is 1. The SMILES string of the molecule is CC(C)(O)C1CCCN1C(=O)Nc1cc(Cl)ccc1Cl. The van der Waals surface area contributed by atoms with Crippen LogP contribution >= 0.6 is 23.2 Å². The Balaban J connectivity index is 2.14. The van der Waals surface area contributed by atoms with Gasteiger partial charge in [-0.05, 0) is 44.9 Å². The number of benzene rings is 1. The van der Waals surface area contributed by atoms with Gasteiger partial charge in [-0.1, -0.05) is 23.2 Å². The molecule has 0 saturated carbocycles. The zero-order chi connectivity index (χ0) is 14.9. The van der Waals surface area contributed by atoms with Crippen LogP contribution in [0.2, 0.25) is 10.0 Å². The van der Waals surface area contributed by atoms with Crippen molar-refractivity contribution in [2.24, 2.45) is 0 Å². The van der Waals surface area contributed by atoms with Crippen LogP contribution in [0.15, 0.2) is 18.2 Å². The molecule has 0 aromatic heterocycles. The van der Waals surface area contributed by atoms with Gasteiger partial charge in [-0.3, -0.25) is 0 Å². The predicted molar refractivity (Wildman–Crippen MR) is 81.5 cm³/mol. The minimum atomic E-state index is -0.925. The molecule has 1 atom stereocenters. The molecule has 2 N–H and O–H groups in total. The maximum atomic E-state index is 12.3. The Kier molecular flexibility index (Phi) is 4.47. The minimum Gasteiger partial charge on any atom is -0.388 e. The van der Waals surface area contributed by atoms with E-state index in [2.05, 4.69) is 5.32 Å². The Bertz CT molecular complexity index is 514. The summed E-state index contributed by atoms with van der Waals surface area (Å²) < 4.78 is 0. The Morgan fingerprint density at radius 3 is 2.80 bits per heavy atom. The van der Waals surface area contributed by atoms with Crippen LogP contribution in [0.1, 0.15) is 26.7 Å². The van der Waals surface area contributed by atoms with Crippen molar-refractivity contribution >= 4 is 34.9 Å². The molecule has 20 heavy (non-hydrogen) atoms. The number of likely N-dealkylation sites (tertiary alicyclic amines) is 1. The van der Waals surface area contributed by atoms with Gasteiger partial charge in [0.15, 0.2) is 0 Å². The molecule has 6 heteroatoms. The fraction of sp³-hybridized carbons (Fsp3) is 0.500. The van der Waals surface area contributed by atoms with Crippen LogP contribution in [-0.4, -0.2) is 34.2 Å². The number of nitrogens with one attached hydrogen (secondary N) is 1. The Labute approximate surface area is 128 Å². The second kappa shape index (κ2) is 5.80. The summed E-state index contributed by atoms with van der Waals surface area (Å²) in [6.07, 6.45) is 1.67. The lowest BCUT2D eigenvalue weighted by Gasteiger charge is -2.33. The number of anilines is 1. The van der Waals surface area contributed by atoms with E-state index in [4.69, 9.17) is 23.2 Å². The summed E-state index contributed by atoms with van der Waals surface area (Å²) in [6.45, 7) is 4.06.